The van der Waals surface area contributed by atoms with Crippen molar-refractivity contribution in [3.05, 3.63) is 65.1 Å². The second kappa shape index (κ2) is 6.77. The van der Waals surface area contributed by atoms with E-state index >= 15 is 0 Å². The molecular formula is C19H15ClN4O3. The van der Waals surface area contributed by atoms with Crippen molar-refractivity contribution in [3.63, 3.8) is 0 Å². The number of hydrogen-bond donors (Lipinski definition) is 3. The number of carbonyl (C=O) groups excluding carboxylic acids is 1. The first-order valence-corrected chi connectivity index (χ1v) is 8.65. The van der Waals surface area contributed by atoms with Gasteiger partial charge in [-0.2, -0.15) is 0 Å². The summed E-state index contributed by atoms with van der Waals surface area (Å²) in [6.07, 6.45) is 2.45. The molecule has 4 rings (SSSR count). The molecule has 0 bridgehead atoms. The standard InChI is InChI=1S/C19H15ClN4O3/c20-12-3-1-2-4-13(12)22-17-15-14(7-10-24(18(15)25)19(26)27)23-16(17)11-5-8-21-9-6-11/h1-6,8-9,22-23H,7,10H2,(H,26,27). The number of imide groups is 1. The molecule has 0 fully saturated rings. The summed E-state index contributed by atoms with van der Waals surface area (Å²) in [7, 11) is 0. The van der Waals surface area contributed by atoms with Gasteiger partial charge >= 0.3 is 6.09 Å². The molecule has 2 aromatic heterocycles. The van der Waals surface area contributed by atoms with Crippen LogP contribution in [0.15, 0.2) is 48.8 Å². The summed E-state index contributed by atoms with van der Waals surface area (Å²) in [6.45, 7) is 0.114. The number of pyridine rings is 1. The monoisotopic (exact) mass is 382 g/mol. The summed E-state index contributed by atoms with van der Waals surface area (Å²) in [5, 5.41) is 13.0. The van der Waals surface area contributed by atoms with E-state index in [1.54, 1.807) is 30.6 Å². The molecule has 1 aromatic carbocycles. The van der Waals surface area contributed by atoms with Gasteiger partial charge in [0.1, 0.15) is 0 Å². The molecule has 1 aliphatic rings. The zero-order valence-corrected chi connectivity index (χ0v) is 14.8. The van der Waals surface area contributed by atoms with Crippen LogP contribution in [0.2, 0.25) is 5.02 Å². The van der Waals surface area contributed by atoms with E-state index in [0.717, 1.165) is 10.5 Å². The Morgan fingerprint density at radius 1 is 1.22 bits per heavy atom. The number of hydrogen-bond acceptors (Lipinski definition) is 4. The number of benzene rings is 1. The van der Waals surface area contributed by atoms with E-state index in [4.69, 9.17) is 11.6 Å². The third-order valence-corrected chi connectivity index (χ3v) is 4.79. The second-order valence-corrected chi connectivity index (χ2v) is 6.47. The highest BCUT2D eigenvalue weighted by Gasteiger charge is 2.34. The van der Waals surface area contributed by atoms with Crippen LogP contribution in [-0.2, 0) is 6.42 Å². The van der Waals surface area contributed by atoms with E-state index in [1.807, 2.05) is 18.2 Å². The molecule has 0 spiro atoms. The zero-order valence-electron chi connectivity index (χ0n) is 14.1. The van der Waals surface area contributed by atoms with Gasteiger partial charge < -0.3 is 15.4 Å². The van der Waals surface area contributed by atoms with Gasteiger partial charge in [0.2, 0.25) is 0 Å². The molecule has 0 atom stereocenters. The van der Waals surface area contributed by atoms with Crippen LogP contribution in [0.4, 0.5) is 16.2 Å². The first-order valence-electron chi connectivity index (χ1n) is 8.28. The molecule has 0 saturated carbocycles. The number of aromatic amines is 1. The normalized spacial score (nSPS) is 13.4. The zero-order chi connectivity index (χ0) is 19.0. The Kier molecular flexibility index (Phi) is 4.29. The average Bonchev–Trinajstić information content (AvgIpc) is 3.03. The molecular weight excluding hydrogens is 368 g/mol. The van der Waals surface area contributed by atoms with Crippen LogP contribution in [0, 0.1) is 0 Å². The van der Waals surface area contributed by atoms with Gasteiger partial charge in [-0.15, -0.1) is 0 Å². The quantitative estimate of drug-likeness (QED) is 0.632. The lowest BCUT2D eigenvalue weighted by atomic mass is 10.0. The predicted octanol–water partition coefficient (Wildman–Crippen LogP) is 4.15. The predicted molar refractivity (Wildman–Crippen MR) is 102 cm³/mol. The van der Waals surface area contributed by atoms with Crippen molar-refractivity contribution >= 4 is 35.0 Å². The van der Waals surface area contributed by atoms with Crippen molar-refractivity contribution in [2.75, 3.05) is 11.9 Å². The number of carboxylic acid groups (broad SMARTS) is 1. The van der Waals surface area contributed by atoms with E-state index in [2.05, 4.69) is 15.3 Å². The lowest BCUT2D eigenvalue weighted by Gasteiger charge is -2.23. The number of carbonyl (C=O) groups is 2. The summed E-state index contributed by atoms with van der Waals surface area (Å²) in [5.41, 5.74) is 3.64. The van der Waals surface area contributed by atoms with E-state index in [1.165, 1.54) is 0 Å². The summed E-state index contributed by atoms with van der Waals surface area (Å²) in [5.74, 6) is -0.560. The van der Waals surface area contributed by atoms with Gasteiger partial charge in [-0.05, 0) is 24.3 Å². The number of nitrogens with zero attached hydrogens (tertiary/aromatic N) is 2. The molecule has 136 valence electrons. The molecule has 1 aliphatic heterocycles. The average molecular weight is 383 g/mol. The van der Waals surface area contributed by atoms with Crippen LogP contribution in [0.25, 0.3) is 11.3 Å². The van der Waals surface area contributed by atoms with Crippen molar-refractivity contribution in [2.45, 2.75) is 6.42 Å². The number of rotatable bonds is 3. The fourth-order valence-electron chi connectivity index (χ4n) is 3.18. The summed E-state index contributed by atoms with van der Waals surface area (Å²) >= 11 is 6.27. The Labute approximate surface area is 159 Å². The van der Waals surface area contributed by atoms with Gasteiger partial charge in [0.25, 0.3) is 5.91 Å². The Bertz CT molecular complexity index is 1030. The van der Waals surface area contributed by atoms with Gasteiger partial charge in [-0.25, -0.2) is 9.69 Å². The Morgan fingerprint density at radius 3 is 2.67 bits per heavy atom. The molecule has 8 heteroatoms. The van der Waals surface area contributed by atoms with Crippen molar-refractivity contribution < 1.29 is 14.7 Å². The first kappa shape index (κ1) is 17.1. The minimum atomic E-state index is -1.26. The minimum Gasteiger partial charge on any atom is -0.465 e. The van der Waals surface area contributed by atoms with Crippen LogP contribution in [0.1, 0.15) is 16.1 Å². The number of nitrogens with one attached hydrogen (secondary N) is 2. The van der Waals surface area contributed by atoms with Gasteiger partial charge in [-0.3, -0.25) is 9.78 Å². The topological polar surface area (TPSA) is 98.3 Å². The molecule has 0 saturated heterocycles. The third-order valence-electron chi connectivity index (χ3n) is 4.46. The fraction of sp³-hybridized carbons (Fsp3) is 0.105. The van der Waals surface area contributed by atoms with E-state index in [0.29, 0.717) is 39.8 Å². The summed E-state index contributed by atoms with van der Waals surface area (Å²) < 4.78 is 0. The number of para-hydroxylation sites is 1. The summed E-state index contributed by atoms with van der Waals surface area (Å²) in [4.78, 5) is 32.4. The van der Waals surface area contributed by atoms with Gasteiger partial charge in [-0.1, -0.05) is 23.7 Å². The largest absolute Gasteiger partial charge is 0.465 e. The molecule has 27 heavy (non-hydrogen) atoms. The van der Waals surface area contributed by atoms with Crippen LogP contribution in [0.5, 0.6) is 0 Å². The van der Waals surface area contributed by atoms with Crippen molar-refractivity contribution in [3.8, 4) is 11.3 Å². The molecule has 7 nitrogen and oxygen atoms in total. The maximum absolute atomic E-state index is 12.8. The SMILES string of the molecule is O=C(O)N1CCc2[nH]c(-c3ccncc3)c(Nc3ccccc3Cl)c2C1=O. The smallest absolute Gasteiger partial charge is 0.414 e. The third kappa shape index (κ3) is 3.02. The molecule has 0 aliphatic carbocycles. The van der Waals surface area contributed by atoms with Crippen LogP contribution in [0.3, 0.4) is 0 Å². The highest BCUT2D eigenvalue weighted by atomic mass is 35.5. The Morgan fingerprint density at radius 2 is 1.96 bits per heavy atom. The molecule has 3 N–H and O–H groups in total. The van der Waals surface area contributed by atoms with Crippen LogP contribution >= 0.6 is 11.6 Å². The van der Waals surface area contributed by atoms with Crippen LogP contribution in [-0.4, -0.2) is 38.5 Å². The van der Waals surface area contributed by atoms with Gasteiger partial charge in [0.15, 0.2) is 0 Å². The van der Waals surface area contributed by atoms with Crippen LogP contribution < -0.4 is 5.32 Å². The fourth-order valence-corrected chi connectivity index (χ4v) is 3.36. The van der Waals surface area contributed by atoms with E-state index in [-0.39, 0.29) is 6.54 Å². The van der Waals surface area contributed by atoms with Crippen molar-refractivity contribution in [1.82, 2.24) is 14.9 Å². The highest BCUT2D eigenvalue weighted by Crippen LogP contribution is 2.39. The number of aromatic nitrogens is 2. The van der Waals surface area contributed by atoms with Gasteiger partial charge in [0.05, 0.1) is 27.7 Å². The highest BCUT2D eigenvalue weighted by molar-refractivity contribution is 6.33. The number of halogens is 1. The van der Waals surface area contributed by atoms with E-state index in [9.17, 15) is 14.7 Å². The number of anilines is 2. The molecule has 0 unspecified atom stereocenters. The first-order chi connectivity index (χ1) is 13.1. The Balaban J connectivity index is 1.89. The molecule has 2 amide bonds. The van der Waals surface area contributed by atoms with Gasteiger partial charge in [0, 0.05) is 36.6 Å². The number of H-pyrrole nitrogens is 1. The maximum atomic E-state index is 12.8. The maximum Gasteiger partial charge on any atom is 0.414 e. The number of amides is 2. The molecule has 0 radical (unpaired) electrons. The minimum absolute atomic E-state index is 0.114. The van der Waals surface area contributed by atoms with Crippen molar-refractivity contribution in [2.24, 2.45) is 0 Å². The molecule has 3 aromatic rings. The number of fused-ring (bicyclic) bond motifs is 1. The second-order valence-electron chi connectivity index (χ2n) is 6.06. The Hall–Kier alpha value is -3.32. The lowest BCUT2D eigenvalue weighted by molar-refractivity contribution is 0.0728. The lowest BCUT2D eigenvalue weighted by Crippen LogP contribution is -2.41. The molecule has 3 heterocycles. The van der Waals surface area contributed by atoms with E-state index < -0.39 is 12.0 Å². The van der Waals surface area contributed by atoms with Crippen molar-refractivity contribution in [1.29, 1.82) is 0 Å². The summed E-state index contributed by atoms with van der Waals surface area (Å²) in [6, 6.07) is 10.8.